The summed E-state index contributed by atoms with van der Waals surface area (Å²) in [5.41, 5.74) is 1.33. The standard InChI is InChI=1S/C28H27F3N6O5S/c1-16-12-23(28(29,30)31)33-36(16)14-24(38)35-9-6-17(7-10-35)25-32-22(15-43-25)21-13-18(42-34-21)8-11-41-37-26(39)19-4-2-3-5-20(19)27(37)40/h2-5,12,15,17-18H,6-11,13-14H2,1H3. The molecular formula is C28H27F3N6O5S. The topological polar surface area (TPSA) is 119 Å². The van der Waals surface area contributed by atoms with Gasteiger partial charge in [0.25, 0.3) is 11.8 Å². The van der Waals surface area contributed by atoms with Gasteiger partial charge < -0.3 is 9.74 Å². The van der Waals surface area contributed by atoms with Crippen LogP contribution in [0.25, 0.3) is 0 Å². The fourth-order valence-electron chi connectivity index (χ4n) is 5.31. The van der Waals surface area contributed by atoms with Crippen LogP contribution in [0.4, 0.5) is 13.2 Å². The number of benzene rings is 1. The third-order valence-corrected chi connectivity index (χ3v) is 8.73. The number of halogens is 3. The van der Waals surface area contributed by atoms with Gasteiger partial charge in [-0.1, -0.05) is 17.3 Å². The first-order valence-corrected chi connectivity index (χ1v) is 14.6. The average Bonchev–Trinajstić information content (AvgIpc) is 3.78. The summed E-state index contributed by atoms with van der Waals surface area (Å²) < 4.78 is 39.9. The number of nitrogens with zero attached hydrogens (tertiary/aromatic N) is 6. The number of hydroxylamine groups is 2. The molecule has 0 aliphatic carbocycles. The van der Waals surface area contributed by atoms with Gasteiger partial charge >= 0.3 is 6.18 Å². The highest BCUT2D eigenvalue weighted by Gasteiger charge is 2.37. The number of likely N-dealkylation sites (tertiary alicyclic amines) is 1. The van der Waals surface area contributed by atoms with Crippen molar-refractivity contribution in [3.05, 3.63) is 68.9 Å². The van der Waals surface area contributed by atoms with E-state index in [1.165, 1.54) is 18.3 Å². The van der Waals surface area contributed by atoms with Crippen molar-refractivity contribution in [1.29, 1.82) is 0 Å². The monoisotopic (exact) mass is 616 g/mol. The van der Waals surface area contributed by atoms with E-state index in [1.54, 1.807) is 29.2 Å². The number of aromatic nitrogens is 3. The van der Waals surface area contributed by atoms with Crippen LogP contribution >= 0.6 is 11.3 Å². The number of thiazole rings is 1. The maximum absolute atomic E-state index is 12.9. The third-order valence-electron chi connectivity index (χ3n) is 7.72. The van der Waals surface area contributed by atoms with Crippen LogP contribution in [0.15, 0.2) is 40.9 Å². The smallest absolute Gasteiger partial charge is 0.392 e. The quantitative estimate of drug-likeness (QED) is 0.349. The lowest BCUT2D eigenvalue weighted by Crippen LogP contribution is -2.40. The van der Waals surface area contributed by atoms with E-state index < -0.39 is 23.7 Å². The van der Waals surface area contributed by atoms with Crippen molar-refractivity contribution < 1.29 is 37.2 Å². The normalized spacial score (nSPS) is 19.2. The lowest BCUT2D eigenvalue weighted by Gasteiger charge is -2.31. The van der Waals surface area contributed by atoms with E-state index in [9.17, 15) is 27.6 Å². The van der Waals surface area contributed by atoms with Gasteiger partial charge in [-0.25, -0.2) is 4.98 Å². The minimum Gasteiger partial charge on any atom is -0.392 e. The first-order valence-electron chi connectivity index (χ1n) is 13.8. The molecule has 0 spiro atoms. The highest BCUT2D eigenvalue weighted by Crippen LogP contribution is 2.32. The van der Waals surface area contributed by atoms with E-state index >= 15 is 0 Å². The number of rotatable bonds is 8. The van der Waals surface area contributed by atoms with Crippen LogP contribution in [0.2, 0.25) is 0 Å². The summed E-state index contributed by atoms with van der Waals surface area (Å²) in [4.78, 5) is 55.1. The number of imide groups is 1. The summed E-state index contributed by atoms with van der Waals surface area (Å²) in [7, 11) is 0. The van der Waals surface area contributed by atoms with E-state index in [1.807, 2.05) is 5.38 Å². The molecule has 43 heavy (non-hydrogen) atoms. The summed E-state index contributed by atoms with van der Waals surface area (Å²) in [5.74, 6) is -1.09. The number of alkyl halides is 3. The van der Waals surface area contributed by atoms with Crippen LogP contribution in [0, 0.1) is 6.92 Å². The van der Waals surface area contributed by atoms with Gasteiger partial charge in [-0.15, -0.1) is 16.4 Å². The molecule has 0 bridgehead atoms. The Morgan fingerprint density at radius 2 is 1.84 bits per heavy atom. The maximum atomic E-state index is 12.9. The first kappa shape index (κ1) is 29.0. The predicted octanol–water partition coefficient (Wildman–Crippen LogP) is 4.18. The van der Waals surface area contributed by atoms with E-state index in [4.69, 9.17) is 14.7 Å². The second-order valence-corrected chi connectivity index (χ2v) is 11.5. The largest absolute Gasteiger partial charge is 0.435 e. The van der Waals surface area contributed by atoms with E-state index in [2.05, 4.69) is 10.3 Å². The molecule has 1 unspecified atom stereocenters. The molecule has 1 aromatic carbocycles. The molecule has 2 aromatic heterocycles. The fourth-order valence-corrected chi connectivity index (χ4v) is 6.31. The molecule has 3 aromatic rings. The highest BCUT2D eigenvalue weighted by molar-refractivity contribution is 7.10. The number of hydrogen-bond donors (Lipinski definition) is 0. The van der Waals surface area contributed by atoms with Gasteiger partial charge in [-0.05, 0) is 38.0 Å². The average molecular weight is 617 g/mol. The Morgan fingerprint density at radius 1 is 1.14 bits per heavy atom. The zero-order valence-corrected chi connectivity index (χ0v) is 23.9. The van der Waals surface area contributed by atoms with Crippen molar-refractivity contribution in [2.75, 3.05) is 19.7 Å². The van der Waals surface area contributed by atoms with Gasteiger partial charge in [-0.3, -0.25) is 23.9 Å². The maximum Gasteiger partial charge on any atom is 0.435 e. The van der Waals surface area contributed by atoms with E-state index in [0.717, 1.165) is 26.5 Å². The Hall–Kier alpha value is -4.11. The Balaban J connectivity index is 0.954. The molecule has 0 radical (unpaired) electrons. The first-order chi connectivity index (χ1) is 20.6. The fraction of sp³-hybridized carbons (Fsp3) is 0.429. The zero-order valence-electron chi connectivity index (χ0n) is 23.0. The number of carbonyl (C=O) groups is 3. The van der Waals surface area contributed by atoms with Gasteiger partial charge in [0.1, 0.15) is 18.4 Å². The van der Waals surface area contributed by atoms with Crippen molar-refractivity contribution in [2.24, 2.45) is 5.16 Å². The number of oxime groups is 1. The molecule has 226 valence electrons. The molecular weight excluding hydrogens is 589 g/mol. The second-order valence-electron chi connectivity index (χ2n) is 10.6. The molecule has 1 atom stereocenters. The summed E-state index contributed by atoms with van der Waals surface area (Å²) in [6.07, 6.45) is -2.55. The van der Waals surface area contributed by atoms with Gasteiger partial charge in [0.2, 0.25) is 5.91 Å². The van der Waals surface area contributed by atoms with Gasteiger partial charge in [0.05, 0.1) is 28.4 Å². The van der Waals surface area contributed by atoms with Gasteiger partial charge in [-0.2, -0.15) is 18.3 Å². The Labute approximate surface area is 247 Å². The molecule has 11 nitrogen and oxygen atoms in total. The number of carbonyl (C=O) groups excluding carboxylic acids is 3. The number of hydrogen-bond acceptors (Lipinski definition) is 9. The number of amides is 3. The predicted molar refractivity (Wildman–Crippen MR) is 146 cm³/mol. The Bertz CT molecular complexity index is 1560. The lowest BCUT2D eigenvalue weighted by atomic mass is 9.97. The molecule has 1 fully saturated rings. The molecule has 6 rings (SSSR count). The van der Waals surface area contributed by atoms with Crippen molar-refractivity contribution >= 4 is 34.8 Å². The van der Waals surface area contributed by atoms with Crippen LogP contribution in [-0.4, -0.2) is 74.0 Å². The molecule has 3 amide bonds. The molecule has 1 saturated heterocycles. The third kappa shape index (κ3) is 5.91. The summed E-state index contributed by atoms with van der Waals surface area (Å²) in [6.45, 7) is 2.31. The number of fused-ring (bicyclic) bond motifs is 1. The highest BCUT2D eigenvalue weighted by atomic mass is 32.1. The van der Waals surface area contributed by atoms with Crippen LogP contribution in [0.1, 0.15) is 74.4 Å². The molecule has 5 heterocycles. The second kappa shape index (κ2) is 11.5. The van der Waals surface area contributed by atoms with Crippen molar-refractivity contribution in [3.63, 3.8) is 0 Å². The van der Waals surface area contributed by atoms with Gasteiger partial charge in [0.15, 0.2) is 5.69 Å². The number of aryl methyl sites for hydroxylation is 1. The molecule has 0 N–H and O–H groups in total. The molecule has 15 heteroatoms. The zero-order chi connectivity index (χ0) is 30.3. The van der Waals surface area contributed by atoms with Gasteiger partial charge in [0, 0.05) is 42.9 Å². The summed E-state index contributed by atoms with van der Waals surface area (Å²) in [6, 6.07) is 7.50. The van der Waals surface area contributed by atoms with Crippen LogP contribution in [0.5, 0.6) is 0 Å². The SMILES string of the molecule is Cc1cc(C(F)(F)F)nn1CC(=O)N1CCC(c2nc(C3=NOC(CCON4C(=O)c5ccccc5C4=O)C3)cs2)CC1. The van der Waals surface area contributed by atoms with Crippen molar-refractivity contribution in [2.45, 2.75) is 57.3 Å². The molecule has 0 saturated carbocycles. The number of piperidine rings is 1. The molecule has 3 aliphatic heterocycles. The lowest BCUT2D eigenvalue weighted by molar-refractivity contribution is -0.142. The Kier molecular flexibility index (Phi) is 7.77. The van der Waals surface area contributed by atoms with Crippen molar-refractivity contribution in [1.82, 2.24) is 24.7 Å². The minimum absolute atomic E-state index is 0.0992. The van der Waals surface area contributed by atoms with Crippen LogP contribution < -0.4 is 0 Å². The van der Waals surface area contributed by atoms with Crippen molar-refractivity contribution in [3.8, 4) is 0 Å². The van der Waals surface area contributed by atoms with Crippen LogP contribution in [-0.2, 0) is 27.2 Å². The Morgan fingerprint density at radius 3 is 2.49 bits per heavy atom. The van der Waals surface area contributed by atoms with E-state index in [-0.39, 0.29) is 36.8 Å². The summed E-state index contributed by atoms with van der Waals surface area (Å²) >= 11 is 1.51. The van der Waals surface area contributed by atoms with Crippen LogP contribution in [0.3, 0.4) is 0 Å². The van der Waals surface area contributed by atoms with E-state index in [0.29, 0.717) is 55.6 Å². The molecule has 3 aliphatic rings. The minimum atomic E-state index is -4.56. The summed E-state index contributed by atoms with van der Waals surface area (Å²) in [5, 5.41) is 11.4.